The molecule has 1 aromatic carbocycles. The Morgan fingerprint density at radius 1 is 1.39 bits per heavy atom. The molecule has 0 radical (unpaired) electrons. The molecule has 3 rings (SSSR count). The van der Waals surface area contributed by atoms with E-state index in [9.17, 15) is 10.1 Å². The van der Waals surface area contributed by atoms with Crippen LogP contribution in [0.4, 0.5) is 0 Å². The molecule has 0 saturated carbocycles. The first-order valence-electron chi connectivity index (χ1n) is 7.63. The number of pyridine rings is 1. The van der Waals surface area contributed by atoms with Gasteiger partial charge in [0.1, 0.15) is 0 Å². The lowest BCUT2D eigenvalue weighted by atomic mass is 9.92. The van der Waals surface area contributed by atoms with Gasteiger partial charge in [0.05, 0.1) is 11.6 Å². The predicted molar refractivity (Wildman–Crippen MR) is 89.3 cm³/mol. The lowest BCUT2D eigenvalue weighted by Crippen LogP contribution is -2.30. The number of aromatic nitrogens is 1. The summed E-state index contributed by atoms with van der Waals surface area (Å²) in [5.41, 5.74) is 5.25. The molecule has 1 amide bonds. The number of rotatable bonds is 2. The standard InChI is InChI=1S/C19H17N3O/c1-13-17(10-15-4-3-7-22-19(15)23)8-14(11-20)9-18(13)16-5-2-6-21-12-16/h2,5-6,8-10,12H,3-4,7H2,1H3,(H,22,23)/b15-10+. The number of carbonyl (C=O) groups excluding carboxylic acids is 1. The zero-order valence-corrected chi connectivity index (χ0v) is 13.0. The Balaban J connectivity index is 2.12. The molecule has 0 unspecified atom stereocenters. The summed E-state index contributed by atoms with van der Waals surface area (Å²) in [7, 11) is 0. The van der Waals surface area contributed by atoms with Crippen molar-refractivity contribution in [1.82, 2.24) is 10.3 Å². The van der Waals surface area contributed by atoms with Crippen LogP contribution in [0.15, 0.2) is 42.2 Å². The maximum atomic E-state index is 12.0. The minimum Gasteiger partial charge on any atom is -0.352 e. The first-order chi connectivity index (χ1) is 11.2. The summed E-state index contributed by atoms with van der Waals surface area (Å²) in [5, 5.41) is 12.2. The second-order valence-electron chi connectivity index (χ2n) is 5.62. The number of piperidine rings is 1. The van der Waals surface area contributed by atoms with Gasteiger partial charge in [0.15, 0.2) is 0 Å². The third-order valence-corrected chi connectivity index (χ3v) is 4.08. The topological polar surface area (TPSA) is 65.8 Å². The molecule has 0 bridgehead atoms. The number of carbonyl (C=O) groups is 1. The fraction of sp³-hybridized carbons (Fsp3) is 0.211. The van der Waals surface area contributed by atoms with Crippen molar-refractivity contribution in [2.45, 2.75) is 19.8 Å². The van der Waals surface area contributed by atoms with Crippen LogP contribution >= 0.6 is 0 Å². The van der Waals surface area contributed by atoms with Gasteiger partial charge in [0, 0.05) is 30.1 Å². The van der Waals surface area contributed by atoms with Crippen molar-refractivity contribution in [3.8, 4) is 17.2 Å². The lowest BCUT2D eigenvalue weighted by Gasteiger charge is -2.16. The van der Waals surface area contributed by atoms with Crippen LogP contribution in [0.2, 0.25) is 0 Å². The fourth-order valence-electron chi connectivity index (χ4n) is 2.81. The van der Waals surface area contributed by atoms with Gasteiger partial charge in [-0.3, -0.25) is 9.78 Å². The Bertz CT molecular complexity index is 816. The Labute approximate surface area is 135 Å². The van der Waals surface area contributed by atoms with Gasteiger partial charge < -0.3 is 5.32 Å². The summed E-state index contributed by atoms with van der Waals surface area (Å²) in [6.07, 6.45) is 7.13. The summed E-state index contributed by atoms with van der Waals surface area (Å²) in [6.45, 7) is 2.74. The normalized spacial score (nSPS) is 16.0. The van der Waals surface area contributed by atoms with Gasteiger partial charge in [-0.1, -0.05) is 6.07 Å². The molecule has 2 aromatic rings. The van der Waals surface area contributed by atoms with Crippen LogP contribution in [0.5, 0.6) is 0 Å². The molecular weight excluding hydrogens is 286 g/mol. The van der Waals surface area contributed by atoms with Gasteiger partial charge in [0.25, 0.3) is 0 Å². The molecule has 0 atom stereocenters. The van der Waals surface area contributed by atoms with Crippen molar-refractivity contribution in [3.63, 3.8) is 0 Å². The highest BCUT2D eigenvalue weighted by Gasteiger charge is 2.15. The van der Waals surface area contributed by atoms with Gasteiger partial charge in [-0.25, -0.2) is 0 Å². The average Bonchev–Trinajstić information content (AvgIpc) is 2.59. The zero-order valence-electron chi connectivity index (χ0n) is 13.0. The molecule has 0 spiro atoms. The molecule has 1 fully saturated rings. The number of amides is 1. The highest BCUT2D eigenvalue weighted by atomic mass is 16.1. The number of hydrogen-bond donors (Lipinski definition) is 1. The van der Waals surface area contributed by atoms with E-state index in [2.05, 4.69) is 16.4 Å². The van der Waals surface area contributed by atoms with Crippen LogP contribution in [0.3, 0.4) is 0 Å². The molecule has 1 saturated heterocycles. The summed E-state index contributed by atoms with van der Waals surface area (Å²) in [5.74, 6) is -0.0130. The third-order valence-electron chi connectivity index (χ3n) is 4.08. The van der Waals surface area contributed by atoms with Crippen molar-refractivity contribution in [2.24, 2.45) is 0 Å². The van der Waals surface area contributed by atoms with E-state index < -0.39 is 0 Å². The molecule has 1 aliphatic rings. The van der Waals surface area contributed by atoms with Gasteiger partial charge in [-0.15, -0.1) is 0 Å². The number of benzene rings is 1. The van der Waals surface area contributed by atoms with Crippen molar-refractivity contribution in [2.75, 3.05) is 6.54 Å². The highest BCUT2D eigenvalue weighted by Crippen LogP contribution is 2.29. The largest absolute Gasteiger partial charge is 0.352 e. The first-order valence-corrected chi connectivity index (χ1v) is 7.63. The van der Waals surface area contributed by atoms with Gasteiger partial charge in [-0.2, -0.15) is 5.26 Å². The van der Waals surface area contributed by atoms with Crippen molar-refractivity contribution < 1.29 is 4.79 Å². The molecule has 0 aliphatic carbocycles. The van der Waals surface area contributed by atoms with E-state index in [-0.39, 0.29) is 5.91 Å². The van der Waals surface area contributed by atoms with Crippen LogP contribution in [-0.4, -0.2) is 17.4 Å². The molecule has 1 N–H and O–H groups in total. The summed E-state index contributed by atoms with van der Waals surface area (Å²) >= 11 is 0. The Hall–Kier alpha value is -2.93. The second kappa shape index (κ2) is 6.45. The summed E-state index contributed by atoms with van der Waals surface area (Å²) in [4.78, 5) is 16.1. The maximum absolute atomic E-state index is 12.0. The molecule has 4 nitrogen and oxygen atoms in total. The van der Waals surface area contributed by atoms with E-state index in [0.29, 0.717) is 5.56 Å². The van der Waals surface area contributed by atoms with E-state index in [1.165, 1.54) is 0 Å². The molecule has 1 aromatic heterocycles. The molecule has 23 heavy (non-hydrogen) atoms. The van der Waals surface area contributed by atoms with Gasteiger partial charge in [-0.05, 0) is 60.7 Å². The lowest BCUT2D eigenvalue weighted by molar-refractivity contribution is -0.118. The Morgan fingerprint density at radius 3 is 2.96 bits per heavy atom. The van der Waals surface area contributed by atoms with Crippen molar-refractivity contribution in [3.05, 3.63) is 58.9 Å². The highest BCUT2D eigenvalue weighted by molar-refractivity contribution is 5.99. The van der Waals surface area contributed by atoms with Gasteiger partial charge in [0.2, 0.25) is 5.91 Å². The van der Waals surface area contributed by atoms with Crippen LogP contribution in [0.25, 0.3) is 17.2 Å². The zero-order chi connectivity index (χ0) is 16.2. The monoisotopic (exact) mass is 303 g/mol. The first kappa shape index (κ1) is 15.0. The van der Waals surface area contributed by atoms with Gasteiger partial charge >= 0.3 is 0 Å². The minimum absolute atomic E-state index is 0.0130. The second-order valence-corrected chi connectivity index (χ2v) is 5.62. The SMILES string of the molecule is Cc1c(/C=C2\CCCNC2=O)cc(C#N)cc1-c1cccnc1. The van der Waals surface area contributed by atoms with E-state index in [0.717, 1.165) is 47.2 Å². The summed E-state index contributed by atoms with van der Waals surface area (Å²) in [6, 6.07) is 9.76. The molecule has 114 valence electrons. The average molecular weight is 303 g/mol. The van der Waals surface area contributed by atoms with E-state index in [4.69, 9.17) is 0 Å². The quantitative estimate of drug-likeness (QED) is 0.866. The minimum atomic E-state index is -0.0130. The number of nitriles is 1. The Kier molecular flexibility index (Phi) is 4.20. The van der Waals surface area contributed by atoms with Crippen molar-refractivity contribution >= 4 is 12.0 Å². The number of hydrogen-bond acceptors (Lipinski definition) is 3. The van der Waals surface area contributed by atoms with Crippen molar-refractivity contribution in [1.29, 1.82) is 5.26 Å². The smallest absolute Gasteiger partial charge is 0.247 e. The Morgan fingerprint density at radius 2 is 2.26 bits per heavy atom. The molecular formula is C19H17N3O. The third kappa shape index (κ3) is 3.14. The number of nitrogens with zero attached hydrogens (tertiary/aromatic N) is 2. The van der Waals surface area contributed by atoms with E-state index >= 15 is 0 Å². The van der Waals surface area contributed by atoms with Crippen LogP contribution in [-0.2, 0) is 4.79 Å². The molecule has 4 heteroatoms. The number of nitrogens with one attached hydrogen (secondary N) is 1. The molecule has 1 aliphatic heterocycles. The van der Waals surface area contributed by atoms with Crippen LogP contribution in [0.1, 0.15) is 29.5 Å². The fourth-order valence-corrected chi connectivity index (χ4v) is 2.81. The maximum Gasteiger partial charge on any atom is 0.247 e. The van der Waals surface area contributed by atoms with E-state index in [1.54, 1.807) is 12.4 Å². The van der Waals surface area contributed by atoms with Crippen LogP contribution < -0.4 is 5.32 Å². The molecule has 2 heterocycles. The predicted octanol–water partition coefficient (Wildman–Crippen LogP) is 3.22. The summed E-state index contributed by atoms with van der Waals surface area (Å²) < 4.78 is 0. The van der Waals surface area contributed by atoms with Crippen LogP contribution in [0, 0.1) is 18.3 Å². The van der Waals surface area contributed by atoms with E-state index in [1.807, 2.05) is 37.3 Å².